The van der Waals surface area contributed by atoms with Crippen LogP contribution in [0.4, 0.5) is 5.69 Å². The van der Waals surface area contributed by atoms with E-state index in [0.29, 0.717) is 10.9 Å². The molecule has 0 atom stereocenters. The second kappa shape index (κ2) is 6.92. The van der Waals surface area contributed by atoms with Crippen LogP contribution in [0, 0.1) is 10.1 Å². The lowest BCUT2D eigenvalue weighted by atomic mass is 10.1. The smallest absolute Gasteiger partial charge is 0.298 e. The van der Waals surface area contributed by atoms with Gasteiger partial charge in [0.15, 0.2) is 5.76 Å². The van der Waals surface area contributed by atoms with Crippen molar-refractivity contribution in [3.63, 3.8) is 0 Å². The van der Waals surface area contributed by atoms with Gasteiger partial charge >= 0.3 is 0 Å². The molecule has 2 aromatic carbocycles. The third-order valence-electron chi connectivity index (χ3n) is 4.43. The lowest BCUT2D eigenvalue weighted by Crippen LogP contribution is -2.12. The Bertz CT molecular complexity index is 1300. The first kappa shape index (κ1) is 18.5. The lowest BCUT2D eigenvalue weighted by molar-refractivity contribution is -0.384. The van der Waals surface area contributed by atoms with Crippen LogP contribution in [0.3, 0.4) is 0 Å². The molecule has 8 nitrogen and oxygen atoms in total. The maximum absolute atomic E-state index is 13.0. The van der Waals surface area contributed by atoms with Gasteiger partial charge in [-0.05, 0) is 30.3 Å². The number of nitro groups is 1. The summed E-state index contributed by atoms with van der Waals surface area (Å²) in [5, 5.41) is 12.1. The monoisotopic (exact) mass is 409 g/mol. The van der Waals surface area contributed by atoms with E-state index in [1.807, 2.05) is 0 Å². The van der Waals surface area contributed by atoms with Gasteiger partial charge in [-0.3, -0.25) is 24.3 Å². The topological polar surface area (TPSA) is 121 Å². The van der Waals surface area contributed by atoms with Crippen LogP contribution in [0.15, 0.2) is 65.2 Å². The number of amides is 1. The Kier molecular flexibility index (Phi) is 4.40. The third-order valence-corrected chi connectivity index (χ3v) is 4.67. The molecule has 9 heteroatoms. The molecule has 0 fully saturated rings. The molecular formula is C20H12ClN3O5. The van der Waals surface area contributed by atoms with E-state index in [-0.39, 0.29) is 33.4 Å². The van der Waals surface area contributed by atoms with Gasteiger partial charge in [0.25, 0.3) is 17.5 Å². The number of para-hydroxylation sites is 1. The molecule has 0 bridgehead atoms. The van der Waals surface area contributed by atoms with Crippen molar-refractivity contribution in [3.8, 4) is 11.3 Å². The van der Waals surface area contributed by atoms with Gasteiger partial charge in [0.2, 0.25) is 0 Å². The van der Waals surface area contributed by atoms with Crippen LogP contribution in [0.1, 0.15) is 20.9 Å². The minimum absolute atomic E-state index is 0.0546. The highest BCUT2D eigenvalue weighted by Gasteiger charge is 2.23. The normalized spacial score (nSPS) is 10.9. The van der Waals surface area contributed by atoms with E-state index in [1.165, 1.54) is 41.1 Å². The summed E-state index contributed by atoms with van der Waals surface area (Å²) < 4.78 is 6.86. The van der Waals surface area contributed by atoms with Crippen LogP contribution in [0.5, 0.6) is 0 Å². The molecule has 2 aromatic heterocycles. The summed E-state index contributed by atoms with van der Waals surface area (Å²) in [4.78, 5) is 35.4. The van der Waals surface area contributed by atoms with Gasteiger partial charge in [-0.15, -0.1) is 0 Å². The fourth-order valence-electron chi connectivity index (χ4n) is 3.12. The number of rotatable bonds is 4. The van der Waals surface area contributed by atoms with E-state index in [1.54, 1.807) is 24.3 Å². The van der Waals surface area contributed by atoms with Crippen LogP contribution in [-0.2, 0) is 0 Å². The van der Waals surface area contributed by atoms with Crippen LogP contribution in [-0.4, -0.2) is 21.3 Å². The maximum atomic E-state index is 13.0. The minimum atomic E-state index is -0.662. The van der Waals surface area contributed by atoms with Gasteiger partial charge in [-0.25, -0.2) is 0 Å². The number of benzene rings is 2. The number of furan rings is 1. The molecule has 0 saturated heterocycles. The van der Waals surface area contributed by atoms with E-state index >= 15 is 0 Å². The molecule has 0 spiro atoms. The van der Waals surface area contributed by atoms with E-state index in [4.69, 9.17) is 21.8 Å². The minimum Gasteiger partial charge on any atom is -0.451 e. The Morgan fingerprint density at radius 3 is 2.59 bits per heavy atom. The fraction of sp³-hybridized carbons (Fsp3) is 0. The number of halogens is 1. The number of nitrogens with zero attached hydrogens (tertiary/aromatic N) is 2. The maximum Gasteiger partial charge on any atom is 0.298 e. The summed E-state index contributed by atoms with van der Waals surface area (Å²) in [6.07, 6.45) is 1.35. The summed E-state index contributed by atoms with van der Waals surface area (Å²) in [6.45, 7) is 0. The largest absolute Gasteiger partial charge is 0.451 e. The number of hydrogen-bond donors (Lipinski definition) is 1. The molecule has 0 aliphatic heterocycles. The summed E-state index contributed by atoms with van der Waals surface area (Å²) >= 11 is 5.84. The van der Waals surface area contributed by atoms with E-state index in [2.05, 4.69) is 0 Å². The molecule has 29 heavy (non-hydrogen) atoms. The van der Waals surface area contributed by atoms with Gasteiger partial charge < -0.3 is 10.2 Å². The van der Waals surface area contributed by atoms with Gasteiger partial charge in [-0.2, -0.15) is 0 Å². The van der Waals surface area contributed by atoms with Crippen molar-refractivity contribution in [1.29, 1.82) is 0 Å². The van der Waals surface area contributed by atoms with Crippen LogP contribution < -0.4 is 5.73 Å². The number of carbonyl (C=O) groups excluding carboxylic acids is 2. The zero-order chi connectivity index (χ0) is 20.7. The molecular weight excluding hydrogens is 398 g/mol. The van der Waals surface area contributed by atoms with Crippen LogP contribution >= 0.6 is 11.6 Å². The van der Waals surface area contributed by atoms with Crippen molar-refractivity contribution in [3.05, 3.63) is 87.3 Å². The average Bonchev–Trinajstić information content (AvgIpc) is 3.33. The number of aromatic nitrogens is 1. The molecule has 2 heterocycles. The Labute approximate surface area is 168 Å². The zero-order valence-electron chi connectivity index (χ0n) is 14.7. The van der Waals surface area contributed by atoms with E-state index in [0.717, 1.165) is 0 Å². The third kappa shape index (κ3) is 3.15. The second-order valence-corrected chi connectivity index (χ2v) is 6.62. The van der Waals surface area contributed by atoms with Crippen molar-refractivity contribution >= 4 is 40.0 Å². The predicted octanol–water partition coefficient (Wildman–Crippen LogP) is 4.25. The first-order valence-corrected chi connectivity index (χ1v) is 8.73. The number of fused-ring (bicyclic) bond motifs is 1. The number of hydrogen-bond acceptors (Lipinski definition) is 5. The van der Waals surface area contributed by atoms with Gasteiger partial charge in [0, 0.05) is 22.7 Å². The zero-order valence-corrected chi connectivity index (χ0v) is 15.4. The van der Waals surface area contributed by atoms with Crippen molar-refractivity contribution < 1.29 is 18.9 Å². The quantitative estimate of drug-likeness (QED) is 0.399. The number of primary amides is 1. The highest BCUT2D eigenvalue weighted by Crippen LogP contribution is 2.33. The van der Waals surface area contributed by atoms with Gasteiger partial charge in [0.1, 0.15) is 5.76 Å². The van der Waals surface area contributed by atoms with Crippen LogP contribution in [0.2, 0.25) is 5.02 Å². The molecule has 0 radical (unpaired) electrons. The lowest BCUT2D eigenvalue weighted by Gasteiger charge is -2.02. The van der Waals surface area contributed by atoms with Crippen molar-refractivity contribution in [2.45, 2.75) is 0 Å². The number of nitrogens with two attached hydrogens (primary N) is 1. The summed E-state index contributed by atoms with van der Waals surface area (Å²) in [5.41, 5.74) is 6.04. The van der Waals surface area contributed by atoms with Gasteiger partial charge in [0.05, 0.1) is 21.6 Å². The van der Waals surface area contributed by atoms with E-state index < -0.39 is 16.7 Å². The highest BCUT2D eigenvalue weighted by atomic mass is 35.5. The first-order valence-electron chi connectivity index (χ1n) is 8.35. The standard InChI is InChI=1S/C20H12ClN3O5/c21-11-5-6-13(16(9-11)24(27)28)17-7-8-18(29-17)20(26)23-10-14(19(22)25)12-3-1-2-4-15(12)23/h1-10H,(H2,22,25). The molecule has 0 aliphatic carbocycles. The Balaban J connectivity index is 1.79. The number of nitro benzene ring substituents is 1. The van der Waals surface area contributed by atoms with Crippen molar-refractivity contribution in [2.24, 2.45) is 5.73 Å². The summed E-state index contributed by atoms with van der Waals surface area (Å²) in [7, 11) is 0. The molecule has 0 saturated carbocycles. The number of carbonyl (C=O) groups is 2. The molecule has 144 valence electrons. The summed E-state index contributed by atoms with van der Waals surface area (Å²) in [6, 6.07) is 13.8. The summed E-state index contributed by atoms with van der Waals surface area (Å²) in [5.74, 6) is -1.12. The molecule has 4 rings (SSSR count). The average molecular weight is 410 g/mol. The molecule has 1 amide bonds. The van der Waals surface area contributed by atoms with E-state index in [9.17, 15) is 19.7 Å². The first-order chi connectivity index (χ1) is 13.9. The SMILES string of the molecule is NC(=O)c1cn(C(=O)c2ccc(-c3ccc(Cl)cc3[N+](=O)[O-])o2)c2ccccc12. The molecule has 0 unspecified atom stereocenters. The second-order valence-electron chi connectivity index (χ2n) is 6.18. The molecule has 2 N–H and O–H groups in total. The van der Waals surface area contributed by atoms with Crippen molar-refractivity contribution in [1.82, 2.24) is 4.57 Å². The Morgan fingerprint density at radius 1 is 1.10 bits per heavy atom. The highest BCUT2D eigenvalue weighted by molar-refractivity contribution is 6.31. The van der Waals surface area contributed by atoms with Crippen molar-refractivity contribution in [2.75, 3.05) is 0 Å². The predicted molar refractivity (Wildman–Crippen MR) is 106 cm³/mol. The Hall–Kier alpha value is -3.91. The van der Waals surface area contributed by atoms with Gasteiger partial charge in [-0.1, -0.05) is 29.8 Å². The molecule has 0 aliphatic rings. The van der Waals surface area contributed by atoms with Crippen LogP contribution in [0.25, 0.3) is 22.2 Å². The molecule has 4 aromatic rings. The fourth-order valence-corrected chi connectivity index (χ4v) is 3.29. The Morgan fingerprint density at radius 2 is 1.86 bits per heavy atom.